The van der Waals surface area contributed by atoms with Crippen molar-refractivity contribution in [2.45, 2.75) is 63.6 Å². The van der Waals surface area contributed by atoms with Gasteiger partial charge in [-0.05, 0) is 57.6 Å². The maximum Gasteiger partial charge on any atom is 0.317 e. The third-order valence-electron chi connectivity index (χ3n) is 6.85. The van der Waals surface area contributed by atoms with Crippen molar-refractivity contribution in [1.29, 1.82) is 0 Å². The number of halogens is 1. The molecule has 0 spiro atoms. The summed E-state index contributed by atoms with van der Waals surface area (Å²) in [6.07, 6.45) is 8.88. The van der Waals surface area contributed by atoms with Gasteiger partial charge in [0.2, 0.25) is 0 Å². The van der Waals surface area contributed by atoms with Gasteiger partial charge in [0.1, 0.15) is 11.0 Å². The summed E-state index contributed by atoms with van der Waals surface area (Å²) >= 11 is 5.96. The highest BCUT2D eigenvalue weighted by Crippen LogP contribution is 2.30. The first-order chi connectivity index (χ1) is 17.9. The van der Waals surface area contributed by atoms with E-state index in [9.17, 15) is 9.59 Å². The topological polar surface area (TPSA) is 129 Å². The highest BCUT2D eigenvalue weighted by atomic mass is 35.5. The number of imidazole rings is 1. The molecule has 3 amide bonds. The molecule has 5 rings (SSSR count). The van der Waals surface area contributed by atoms with Gasteiger partial charge >= 0.3 is 6.03 Å². The van der Waals surface area contributed by atoms with E-state index in [-0.39, 0.29) is 24.0 Å². The van der Waals surface area contributed by atoms with E-state index in [0.717, 1.165) is 44.2 Å². The Bertz CT molecular complexity index is 1280. The van der Waals surface area contributed by atoms with Crippen LogP contribution in [0.2, 0.25) is 5.15 Å². The number of carbonyl (C=O) groups excluding carboxylic acids is 2. The van der Waals surface area contributed by atoms with Crippen LogP contribution in [0, 0.1) is 0 Å². The predicted molar refractivity (Wildman–Crippen MR) is 143 cm³/mol. The van der Waals surface area contributed by atoms with Gasteiger partial charge in [0.15, 0.2) is 11.3 Å². The van der Waals surface area contributed by atoms with Crippen LogP contribution in [0.25, 0.3) is 5.65 Å². The summed E-state index contributed by atoms with van der Waals surface area (Å²) in [5.41, 5.74) is 2.30. The molecule has 2 fully saturated rings. The largest absolute Gasteiger partial charge is 0.379 e. The molecule has 3 aromatic rings. The molecule has 3 aromatic heterocycles. The lowest BCUT2D eigenvalue weighted by atomic mass is 9.91. The molecule has 0 aliphatic heterocycles. The van der Waals surface area contributed by atoms with Crippen LogP contribution in [0.15, 0.2) is 30.6 Å². The van der Waals surface area contributed by atoms with Crippen molar-refractivity contribution >= 4 is 46.4 Å². The Labute approximate surface area is 220 Å². The Morgan fingerprint density at radius 3 is 2.46 bits per heavy atom. The molecule has 11 nitrogen and oxygen atoms in total. The van der Waals surface area contributed by atoms with Crippen molar-refractivity contribution in [2.75, 3.05) is 29.5 Å². The van der Waals surface area contributed by atoms with E-state index in [2.05, 4.69) is 31.2 Å². The SMILES string of the molecule is CCN(C)C(=O)N[C@H]1CC[C@H](Nc2cc(NC3CC3)c3ncc(C(=O)Nc4ccnc(Cl)c4)n3n2)CC1. The molecule has 0 unspecified atom stereocenters. The van der Waals surface area contributed by atoms with Crippen molar-refractivity contribution in [3.05, 3.63) is 41.4 Å². The first-order valence-corrected chi connectivity index (χ1v) is 13.1. The molecule has 12 heteroatoms. The number of pyridine rings is 1. The molecule has 4 N–H and O–H groups in total. The number of rotatable bonds is 8. The van der Waals surface area contributed by atoms with Crippen molar-refractivity contribution in [1.82, 2.24) is 29.8 Å². The van der Waals surface area contributed by atoms with E-state index in [0.29, 0.717) is 40.6 Å². The minimum absolute atomic E-state index is 0.0261. The van der Waals surface area contributed by atoms with Crippen LogP contribution in [-0.2, 0) is 0 Å². The number of urea groups is 1. The average molecular weight is 526 g/mol. The summed E-state index contributed by atoms with van der Waals surface area (Å²) in [7, 11) is 1.80. The average Bonchev–Trinajstić information content (AvgIpc) is 3.59. The zero-order valence-electron chi connectivity index (χ0n) is 21.0. The number of amides is 3. The fourth-order valence-electron chi connectivity index (χ4n) is 4.44. The molecule has 2 saturated carbocycles. The van der Waals surface area contributed by atoms with Crippen LogP contribution in [0.5, 0.6) is 0 Å². The van der Waals surface area contributed by atoms with E-state index in [1.54, 1.807) is 28.6 Å². The molecule has 0 bridgehead atoms. The fourth-order valence-corrected chi connectivity index (χ4v) is 4.62. The number of nitrogens with one attached hydrogen (secondary N) is 4. The van der Waals surface area contributed by atoms with Crippen molar-refractivity contribution in [3.8, 4) is 0 Å². The van der Waals surface area contributed by atoms with Crippen LogP contribution in [0.4, 0.5) is 22.0 Å². The van der Waals surface area contributed by atoms with Crippen molar-refractivity contribution < 1.29 is 9.59 Å². The molecule has 37 heavy (non-hydrogen) atoms. The van der Waals surface area contributed by atoms with Gasteiger partial charge in [0.25, 0.3) is 5.91 Å². The molecule has 0 radical (unpaired) electrons. The van der Waals surface area contributed by atoms with Crippen LogP contribution in [0.1, 0.15) is 55.9 Å². The van der Waals surface area contributed by atoms with Crippen molar-refractivity contribution in [3.63, 3.8) is 0 Å². The second kappa shape index (κ2) is 10.8. The second-order valence-electron chi connectivity index (χ2n) is 9.72. The van der Waals surface area contributed by atoms with Gasteiger partial charge in [-0.1, -0.05) is 11.6 Å². The Hall–Kier alpha value is -3.60. The summed E-state index contributed by atoms with van der Waals surface area (Å²) in [6.45, 7) is 2.64. The van der Waals surface area contributed by atoms with E-state index >= 15 is 0 Å². The molecular formula is C25H32ClN9O2. The summed E-state index contributed by atoms with van der Waals surface area (Å²) in [4.78, 5) is 35.4. The summed E-state index contributed by atoms with van der Waals surface area (Å²) < 4.78 is 1.58. The number of aromatic nitrogens is 4. The second-order valence-corrected chi connectivity index (χ2v) is 10.1. The van der Waals surface area contributed by atoms with Crippen LogP contribution in [-0.4, -0.2) is 68.1 Å². The van der Waals surface area contributed by atoms with E-state index in [1.165, 1.54) is 12.4 Å². The lowest BCUT2D eigenvalue weighted by Crippen LogP contribution is -2.45. The number of fused-ring (bicyclic) bond motifs is 1. The Kier molecular flexibility index (Phi) is 7.31. The third kappa shape index (κ3) is 6.04. The smallest absolute Gasteiger partial charge is 0.317 e. The quantitative estimate of drug-likeness (QED) is 0.327. The predicted octanol–water partition coefficient (Wildman–Crippen LogP) is 3.99. The molecule has 2 aliphatic carbocycles. The Balaban J connectivity index is 1.31. The Morgan fingerprint density at radius 1 is 1.05 bits per heavy atom. The van der Waals surface area contributed by atoms with Gasteiger partial charge in [-0.2, -0.15) is 0 Å². The van der Waals surface area contributed by atoms with Crippen molar-refractivity contribution in [2.24, 2.45) is 0 Å². The molecule has 3 heterocycles. The molecular weight excluding hydrogens is 494 g/mol. The highest BCUT2D eigenvalue weighted by molar-refractivity contribution is 6.29. The van der Waals surface area contributed by atoms with Crippen LogP contribution >= 0.6 is 11.6 Å². The van der Waals surface area contributed by atoms with Crippen LogP contribution in [0.3, 0.4) is 0 Å². The fraction of sp³-hybridized carbons (Fsp3) is 0.480. The van der Waals surface area contributed by atoms with Gasteiger partial charge in [-0.25, -0.2) is 19.3 Å². The van der Waals surface area contributed by atoms with Gasteiger partial charge in [0.05, 0.1) is 11.9 Å². The van der Waals surface area contributed by atoms with Gasteiger partial charge < -0.3 is 26.2 Å². The summed E-state index contributed by atoms with van der Waals surface area (Å²) in [5, 5.41) is 18.0. The first kappa shape index (κ1) is 25.1. The normalized spacial score (nSPS) is 19.3. The lowest BCUT2D eigenvalue weighted by Gasteiger charge is -2.31. The Morgan fingerprint density at radius 2 is 1.76 bits per heavy atom. The van der Waals surface area contributed by atoms with E-state index in [1.807, 2.05) is 13.0 Å². The maximum absolute atomic E-state index is 13.1. The van der Waals surface area contributed by atoms with Gasteiger partial charge in [-0.15, -0.1) is 5.10 Å². The van der Waals surface area contributed by atoms with Gasteiger partial charge in [0, 0.05) is 49.7 Å². The molecule has 0 aromatic carbocycles. The number of hydrogen-bond acceptors (Lipinski definition) is 7. The minimum Gasteiger partial charge on any atom is -0.379 e. The number of carbonyl (C=O) groups is 2. The molecule has 196 valence electrons. The third-order valence-corrected chi connectivity index (χ3v) is 7.06. The minimum atomic E-state index is -0.343. The maximum atomic E-state index is 13.1. The lowest BCUT2D eigenvalue weighted by molar-refractivity contribution is 0.102. The monoisotopic (exact) mass is 525 g/mol. The summed E-state index contributed by atoms with van der Waals surface area (Å²) in [5.74, 6) is 0.331. The zero-order chi connectivity index (χ0) is 25.9. The standard InChI is InChI=1S/C25H32ClN9O2/c1-3-34(2)25(37)32-17-8-6-16(7-9-17)30-22-13-19(29-15-4-5-15)23-28-14-20(35(23)33-22)24(36)31-18-10-11-27-21(26)12-18/h10-17,29H,3-9H2,1-2H3,(H,30,33)(H,32,37)(H,27,31,36)/t16-,17-. The number of nitrogens with zero attached hydrogens (tertiary/aromatic N) is 5. The molecule has 0 saturated heterocycles. The molecule has 0 atom stereocenters. The van der Waals surface area contributed by atoms with Crippen LogP contribution < -0.4 is 21.3 Å². The summed E-state index contributed by atoms with van der Waals surface area (Å²) in [6, 6.07) is 6.00. The number of hydrogen-bond donors (Lipinski definition) is 4. The van der Waals surface area contributed by atoms with E-state index < -0.39 is 0 Å². The zero-order valence-corrected chi connectivity index (χ0v) is 21.8. The highest BCUT2D eigenvalue weighted by Gasteiger charge is 2.26. The van der Waals surface area contributed by atoms with E-state index in [4.69, 9.17) is 16.7 Å². The molecule has 2 aliphatic rings. The van der Waals surface area contributed by atoms with Gasteiger partial charge in [-0.3, -0.25) is 4.79 Å². The first-order valence-electron chi connectivity index (χ1n) is 12.8. The number of anilines is 3.